The molecule has 0 radical (unpaired) electrons. The zero-order chi connectivity index (χ0) is 28.8. The van der Waals surface area contributed by atoms with Crippen molar-refractivity contribution in [2.75, 3.05) is 6.54 Å². The molecular weight excluding hydrogens is 520 g/mol. The van der Waals surface area contributed by atoms with Gasteiger partial charge in [0, 0.05) is 23.1 Å². The van der Waals surface area contributed by atoms with Crippen molar-refractivity contribution in [1.82, 2.24) is 5.32 Å². The first-order valence-electron chi connectivity index (χ1n) is 13.8. The molecule has 1 aliphatic carbocycles. The highest BCUT2D eigenvalue weighted by atomic mass is 35.5. The summed E-state index contributed by atoms with van der Waals surface area (Å²) in [6, 6.07) is 20.8. The van der Waals surface area contributed by atoms with E-state index in [-0.39, 0.29) is 36.6 Å². The Morgan fingerprint density at radius 3 is 2.52 bits per heavy atom. The summed E-state index contributed by atoms with van der Waals surface area (Å²) in [5, 5.41) is 24.2. The number of allylic oxidation sites excluding steroid dienone is 3. The second-order valence-electron chi connectivity index (χ2n) is 10.7. The van der Waals surface area contributed by atoms with Gasteiger partial charge >= 0.3 is 5.97 Å². The van der Waals surface area contributed by atoms with Crippen LogP contribution in [0.4, 0.5) is 0 Å². The van der Waals surface area contributed by atoms with Gasteiger partial charge in [-0.2, -0.15) is 5.26 Å². The minimum absolute atomic E-state index is 0.00462. The third kappa shape index (κ3) is 6.46. The van der Waals surface area contributed by atoms with E-state index in [4.69, 9.17) is 16.7 Å². The summed E-state index contributed by atoms with van der Waals surface area (Å²) in [7, 11) is 0. The molecule has 40 heavy (non-hydrogen) atoms. The number of rotatable bonds is 10. The third-order valence-electron chi connectivity index (χ3n) is 7.77. The van der Waals surface area contributed by atoms with E-state index in [1.165, 1.54) is 11.1 Å². The number of nitriles is 1. The lowest BCUT2D eigenvalue weighted by Crippen LogP contribution is -2.31. The van der Waals surface area contributed by atoms with Gasteiger partial charge in [0.2, 0.25) is 5.91 Å². The van der Waals surface area contributed by atoms with Crippen LogP contribution < -0.4 is 5.32 Å². The van der Waals surface area contributed by atoms with Crippen LogP contribution >= 0.6 is 11.6 Å². The first-order chi connectivity index (χ1) is 19.2. The molecule has 3 aromatic carbocycles. The molecule has 0 heterocycles. The van der Waals surface area contributed by atoms with E-state index in [9.17, 15) is 14.9 Å². The van der Waals surface area contributed by atoms with E-state index < -0.39 is 5.97 Å². The number of hydrogen-bond acceptors (Lipinski definition) is 3. The SMILES string of the molecule is CCC[C@H](C1=CC=C(C(=O)NCCC(=O)O)C(C)C1)C(c1ccc(Cl)cc1)c1cccc2c(C#N)cc(C)cc12. The van der Waals surface area contributed by atoms with Crippen LogP contribution in [0, 0.1) is 30.1 Å². The molecule has 2 N–H and O–H groups in total. The smallest absolute Gasteiger partial charge is 0.305 e. The quantitative estimate of drug-likeness (QED) is 0.268. The molecule has 0 spiro atoms. The van der Waals surface area contributed by atoms with Crippen LogP contribution in [-0.4, -0.2) is 23.5 Å². The van der Waals surface area contributed by atoms with Crippen molar-refractivity contribution in [2.24, 2.45) is 11.8 Å². The topological polar surface area (TPSA) is 90.2 Å². The van der Waals surface area contributed by atoms with Crippen molar-refractivity contribution < 1.29 is 14.7 Å². The molecule has 0 saturated carbocycles. The van der Waals surface area contributed by atoms with Gasteiger partial charge in [-0.3, -0.25) is 9.59 Å². The van der Waals surface area contributed by atoms with E-state index >= 15 is 0 Å². The number of nitrogens with zero attached hydrogens (tertiary/aromatic N) is 1. The molecule has 6 heteroatoms. The first-order valence-corrected chi connectivity index (χ1v) is 14.2. The number of aliphatic carboxylic acids is 1. The van der Waals surface area contributed by atoms with Crippen LogP contribution in [0.25, 0.3) is 10.8 Å². The lowest BCUT2D eigenvalue weighted by molar-refractivity contribution is -0.136. The fraction of sp³-hybridized carbons (Fsp3) is 0.324. The number of halogens is 1. The Labute approximate surface area is 241 Å². The molecule has 0 aromatic heterocycles. The Bertz CT molecular complexity index is 1510. The minimum atomic E-state index is -0.936. The molecule has 0 fully saturated rings. The molecule has 4 rings (SSSR count). The van der Waals surface area contributed by atoms with Crippen molar-refractivity contribution in [3.05, 3.63) is 105 Å². The number of aryl methyl sites for hydroxylation is 1. The van der Waals surface area contributed by atoms with E-state index in [0.29, 0.717) is 16.2 Å². The van der Waals surface area contributed by atoms with Gasteiger partial charge in [0.05, 0.1) is 18.1 Å². The van der Waals surface area contributed by atoms with Crippen molar-refractivity contribution in [3.8, 4) is 6.07 Å². The highest BCUT2D eigenvalue weighted by Crippen LogP contribution is 2.45. The summed E-state index contributed by atoms with van der Waals surface area (Å²) in [6.45, 7) is 6.38. The molecular formula is C34H35ClN2O3. The Balaban J connectivity index is 1.83. The highest BCUT2D eigenvalue weighted by molar-refractivity contribution is 6.30. The summed E-state index contributed by atoms with van der Waals surface area (Å²) in [6.07, 6.45) is 6.57. The molecule has 0 bridgehead atoms. The second-order valence-corrected chi connectivity index (χ2v) is 11.1. The van der Waals surface area contributed by atoms with Crippen molar-refractivity contribution in [1.29, 1.82) is 5.26 Å². The first kappa shape index (κ1) is 29.1. The number of carbonyl (C=O) groups is 2. The zero-order valence-electron chi connectivity index (χ0n) is 23.2. The summed E-state index contributed by atoms with van der Waals surface area (Å²) in [4.78, 5) is 23.7. The summed E-state index contributed by atoms with van der Waals surface area (Å²) in [5.41, 5.74) is 6.00. The average molecular weight is 555 g/mol. The van der Waals surface area contributed by atoms with E-state index in [1.807, 2.05) is 43.3 Å². The molecule has 1 amide bonds. The predicted octanol–water partition coefficient (Wildman–Crippen LogP) is 7.71. The van der Waals surface area contributed by atoms with Crippen LogP contribution in [0.3, 0.4) is 0 Å². The normalized spacial score (nSPS) is 16.4. The summed E-state index contributed by atoms with van der Waals surface area (Å²) < 4.78 is 0. The average Bonchev–Trinajstić information content (AvgIpc) is 2.93. The molecule has 2 unspecified atom stereocenters. The number of carboxylic acid groups (broad SMARTS) is 1. The van der Waals surface area contributed by atoms with Crippen LogP contribution in [-0.2, 0) is 9.59 Å². The maximum Gasteiger partial charge on any atom is 0.305 e. The Hall–Kier alpha value is -3.88. The minimum Gasteiger partial charge on any atom is -0.481 e. The van der Waals surface area contributed by atoms with Crippen LogP contribution in [0.5, 0.6) is 0 Å². The molecule has 206 valence electrons. The maximum absolute atomic E-state index is 12.8. The van der Waals surface area contributed by atoms with Gasteiger partial charge in [0.25, 0.3) is 0 Å². The third-order valence-corrected chi connectivity index (χ3v) is 8.03. The van der Waals surface area contributed by atoms with E-state index in [0.717, 1.165) is 41.2 Å². The lowest BCUT2D eigenvalue weighted by Gasteiger charge is -2.34. The second kappa shape index (κ2) is 13.0. The number of carbonyl (C=O) groups excluding carboxylic acids is 1. The maximum atomic E-state index is 12.8. The van der Waals surface area contributed by atoms with Crippen molar-refractivity contribution in [2.45, 2.75) is 52.4 Å². The molecule has 1 aliphatic rings. The summed E-state index contributed by atoms with van der Waals surface area (Å²) in [5.74, 6) is -0.964. The van der Waals surface area contributed by atoms with Crippen LogP contribution in [0.2, 0.25) is 5.02 Å². The molecule has 3 aromatic rings. The van der Waals surface area contributed by atoms with Gasteiger partial charge in [0.1, 0.15) is 0 Å². The number of hydrogen-bond donors (Lipinski definition) is 2. The molecule has 5 nitrogen and oxygen atoms in total. The fourth-order valence-corrected chi connectivity index (χ4v) is 6.07. The number of carboxylic acids is 1. The lowest BCUT2D eigenvalue weighted by atomic mass is 9.70. The highest BCUT2D eigenvalue weighted by Gasteiger charge is 2.32. The monoisotopic (exact) mass is 554 g/mol. The van der Waals surface area contributed by atoms with Gasteiger partial charge in [-0.1, -0.05) is 86.0 Å². The van der Waals surface area contributed by atoms with E-state index in [1.54, 1.807) is 0 Å². The number of fused-ring (bicyclic) bond motifs is 1. The van der Waals surface area contributed by atoms with Gasteiger partial charge in [0.15, 0.2) is 0 Å². The summed E-state index contributed by atoms with van der Waals surface area (Å²) >= 11 is 6.30. The Morgan fingerprint density at radius 1 is 1.12 bits per heavy atom. The molecule has 0 aliphatic heterocycles. The standard InChI is InChI=1S/C34H35ClN2O3/c1-4-6-29(24-11-14-27(22(3)19-24)34(40)37-16-15-32(38)39)33(23-9-12-26(35)13-10-23)30-8-5-7-28-25(20-36)17-21(2)18-31(28)30/h5,7-14,17-18,22,29,33H,4,6,15-16,19H2,1-3H3,(H,37,40)(H,38,39)/t22?,29-,33?/m1/s1. The molecule has 3 atom stereocenters. The number of nitrogens with one attached hydrogen (secondary N) is 1. The predicted molar refractivity (Wildman–Crippen MR) is 160 cm³/mol. The van der Waals surface area contributed by atoms with Crippen molar-refractivity contribution in [3.63, 3.8) is 0 Å². The zero-order valence-corrected chi connectivity index (χ0v) is 24.0. The van der Waals surface area contributed by atoms with Gasteiger partial charge < -0.3 is 10.4 Å². The van der Waals surface area contributed by atoms with Crippen molar-refractivity contribution >= 4 is 34.2 Å². The largest absolute Gasteiger partial charge is 0.481 e. The van der Waals surface area contributed by atoms with Crippen LogP contribution in [0.15, 0.2) is 77.9 Å². The van der Waals surface area contributed by atoms with Gasteiger partial charge in [-0.15, -0.1) is 0 Å². The van der Waals surface area contributed by atoms with Gasteiger partial charge in [-0.25, -0.2) is 0 Å². The Kier molecular flexibility index (Phi) is 9.45. The Morgan fingerprint density at radius 2 is 1.88 bits per heavy atom. The molecule has 0 saturated heterocycles. The number of benzene rings is 3. The number of amides is 1. The van der Waals surface area contributed by atoms with E-state index in [2.05, 4.69) is 55.6 Å². The van der Waals surface area contributed by atoms with Crippen LogP contribution in [0.1, 0.15) is 67.7 Å². The fourth-order valence-electron chi connectivity index (χ4n) is 5.95. The van der Waals surface area contributed by atoms with Gasteiger partial charge in [-0.05, 0) is 77.3 Å².